The smallest absolute Gasteiger partial charge is 0.481 e. The molecule has 0 spiro atoms. The van der Waals surface area contributed by atoms with Crippen LogP contribution in [0, 0.1) is 0 Å². The average Bonchev–Trinajstić information content (AvgIpc) is 2.87. The first kappa shape index (κ1) is 22.7. The zero-order chi connectivity index (χ0) is 20.9. The molecular weight excluding hydrogens is 359 g/mol. The maximum Gasteiger partial charge on any atom is 0.481 e. The molecule has 0 saturated carbocycles. The zero-order valence-corrected chi connectivity index (χ0v) is 17.7. The molecule has 8 heteroatoms. The van der Waals surface area contributed by atoms with Crippen LogP contribution in [0.4, 0.5) is 0 Å². The van der Waals surface area contributed by atoms with E-state index in [9.17, 15) is 4.79 Å². The molecule has 1 amide bonds. The monoisotopic (exact) mass is 392 g/mol. The summed E-state index contributed by atoms with van der Waals surface area (Å²) in [5.74, 6) is 0.0485. The molecule has 28 heavy (non-hydrogen) atoms. The molecule has 1 heterocycles. The van der Waals surface area contributed by atoms with Crippen LogP contribution in [0.25, 0.3) is 0 Å². The number of amides is 1. The molecule has 1 unspecified atom stereocenters. The van der Waals surface area contributed by atoms with E-state index in [1.807, 2.05) is 58.0 Å². The number of benzene rings is 1. The van der Waals surface area contributed by atoms with Crippen molar-refractivity contribution in [3.05, 3.63) is 30.3 Å². The second-order valence-corrected chi connectivity index (χ2v) is 8.16. The van der Waals surface area contributed by atoms with Gasteiger partial charge in [-0.15, -0.1) is 0 Å². The maximum absolute atomic E-state index is 12.6. The minimum absolute atomic E-state index is 0.311. The van der Waals surface area contributed by atoms with Crippen LogP contribution in [0.3, 0.4) is 0 Å². The molecule has 1 aromatic carbocycles. The zero-order valence-electron chi connectivity index (χ0n) is 17.7. The molecule has 3 atom stereocenters. The molecule has 1 aliphatic rings. The van der Waals surface area contributed by atoms with Crippen molar-refractivity contribution in [1.29, 1.82) is 0 Å². The third kappa shape index (κ3) is 5.47. The second kappa shape index (κ2) is 9.26. The lowest BCUT2D eigenvalue weighted by atomic mass is 9.76. The first-order chi connectivity index (χ1) is 13.1. The molecule has 156 valence electrons. The number of methoxy groups -OCH3 is 1. The van der Waals surface area contributed by atoms with Crippen molar-refractivity contribution < 1.29 is 23.6 Å². The topological polar surface area (TPSA) is 92.0 Å². The van der Waals surface area contributed by atoms with Gasteiger partial charge in [-0.05, 0) is 46.8 Å². The summed E-state index contributed by atoms with van der Waals surface area (Å²) < 4.78 is 23.2. The van der Waals surface area contributed by atoms with Crippen LogP contribution < -0.4 is 15.8 Å². The van der Waals surface area contributed by atoms with Gasteiger partial charge in [-0.2, -0.15) is 0 Å². The van der Waals surface area contributed by atoms with Crippen molar-refractivity contribution in [2.45, 2.75) is 70.3 Å². The lowest BCUT2D eigenvalue weighted by Gasteiger charge is -2.32. The number of para-hydroxylation sites is 1. The van der Waals surface area contributed by atoms with Gasteiger partial charge in [-0.25, -0.2) is 0 Å². The van der Waals surface area contributed by atoms with Gasteiger partial charge in [0.2, 0.25) is 5.91 Å². The second-order valence-electron chi connectivity index (χ2n) is 8.16. The van der Waals surface area contributed by atoms with Gasteiger partial charge in [0.15, 0.2) is 0 Å². The predicted molar refractivity (Wildman–Crippen MR) is 109 cm³/mol. The highest BCUT2D eigenvalue weighted by Gasteiger charge is 2.54. The number of rotatable bonds is 9. The summed E-state index contributed by atoms with van der Waals surface area (Å²) in [6.45, 7) is 10.1. The Morgan fingerprint density at radius 3 is 2.29 bits per heavy atom. The van der Waals surface area contributed by atoms with Crippen LogP contribution in [-0.4, -0.2) is 56.0 Å². The van der Waals surface area contributed by atoms with Gasteiger partial charge in [-0.1, -0.05) is 18.2 Å². The molecule has 2 rings (SSSR count). The predicted octanol–water partition coefficient (Wildman–Crippen LogP) is 1.93. The number of ether oxygens (including phenoxy) is 2. The molecule has 7 nitrogen and oxygen atoms in total. The summed E-state index contributed by atoms with van der Waals surface area (Å²) in [6.07, 6.45) is 0.102. The normalized spacial score (nSPS) is 21.0. The third-order valence-electron chi connectivity index (χ3n) is 5.55. The van der Waals surface area contributed by atoms with Crippen LogP contribution in [0.15, 0.2) is 30.3 Å². The molecule has 0 radical (unpaired) electrons. The van der Waals surface area contributed by atoms with Crippen molar-refractivity contribution >= 4 is 13.0 Å². The van der Waals surface area contributed by atoms with Gasteiger partial charge in [0.05, 0.1) is 29.9 Å². The van der Waals surface area contributed by atoms with Gasteiger partial charge in [0.1, 0.15) is 11.8 Å². The van der Waals surface area contributed by atoms with Crippen molar-refractivity contribution in [3.8, 4) is 5.75 Å². The highest BCUT2D eigenvalue weighted by Crippen LogP contribution is 2.37. The number of carbonyl (C=O) groups is 1. The molecule has 3 N–H and O–H groups in total. The van der Waals surface area contributed by atoms with Crippen molar-refractivity contribution in [1.82, 2.24) is 5.32 Å². The van der Waals surface area contributed by atoms with Crippen molar-refractivity contribution in [2.24, 2.45) is 5.73 Å². The first-order valence-corrected chi connectivity index (χ1v) is 9.69. The van der Waals surface area contributed by atoms with Crippen LogP contribution >= 0.6 is 0 Å². The Morgan fingerprint density at radius 1 is 1.18 bits per heavy atom. The van der Waals surface area contributed by atoms with Gasteiger partial charge < -0.3 is 29.8 Å². The minimum atomic E-state index is -0.787. The summed E-state index contributed by atoms with van der Waals surface area (Å²) in [6, 6.07) is 8.74. The van der Waals surface area contributed by atoms with Gasteiger partial charge in [0, 0.05) is 13.5 Å². The van der Waals surface area contributed by atoms with E-state index in [1.54, 1.807) is 6.92 Å². The lowest BCUT2D eigenvalue weighted by molar-refractivity contribution is -0.125. The fraction of sp³-hybridized carbons (Fsp3) is 0.650. The number of nitrogens with two attached hydrogens (primary N) is 1. The highest BCUT2D eigenvalue weighted by atomic mass is 16.7. The van der Waals surface area contributed by atoms with Crippen molar-refractivity contribution in [2.75, 3.05) is 13.7 Å². The van der Waals surface area contributed by atoms with Crippen LogP contribution in [-0.2, 0) is 18.8 Å². The molecular formula is C20H33BN2O5. The first-order valence-electron chi connectivity index (χ1n) is 9.69. The largest absolute Gasteiger partial charge is 0.494 e. The van der Waals surface area contributed by atoms with E-state index in [-0.39, 0.29) is 5.91 Å². The fourth-order valence-electron chi connectivity index (χ4n) is 2.79. The molecule has 1 aliphatic heterocycles. The molecule has 0 bridgehead atoms. The highest BCUT2D eigenvalue weighted by molar-refractivity contribution is 6.48. The lowest BCUT2D eigenvalue weighted by Crippen LogP contribution is -2.55. The number of hydrogen-bond donors (Lipinski definition) is 2. The van der Waals surface area contributed by atoms with Gasteiger partial charge in [0.25, 0.3) is 0 Å². The minimum Gasteiger partial charge on any atom is -0.494 e. The maximum atomic E-state index is 12.6. The number of hydrogen-bond acceptors (Lipinski definition) is 6. The molecule has 1 saturated heterocycles. The van der Waals surface area contributed by atoms with E-state index < -0.39 is 36.4 Å². The van der Waals surface area contributed by atoms with Crippen LogP contribution in [0.5, 0.6) is 5.75 Å². The van der Waals surface area contributed by atoms with Crippen LogP contribution in [0.2, 0.25) is 0 Å². The fourth-order valence-corrected chi connectivity index (χ4v) is 2.79. The quantitative estimate of drug-likeness (QED) is 0.624. The van der Waals surface area contributed by atoms with Crippen molar-refractivity contribution in [3.63, 3.8) is 0 Å². The van der Waals surface area contributed by atoms with E-state index in [0.717, 1.165) is 5.75 Å². The number of nitrogens with one attached hydrogen (secondary N) is 1. The standard InChI is InChI=1S/C20H33BN2O5/c1-14(25-6)17(22)18(24)23-16(12-13-26-15-10-8-7-9-11-15)21-27-19(2,3)20(4,5)28-21/h7-11,14,16-17H,12-13,22H2,1-6H3,(H,23,24)/t14-,16-,17?/m0/s1. The Labute approximate surface area is 168 Å². The SMILES string of the molecule is CO[C@@H](C)C(N)C(=O)N[C@@H](CCOc1ccccc1)B1OC(C)(C)C(C)(C)O1. The third-order valence-corrected chi connectivity index (χ3v) is 5.55. The molecule has 0 aromatic heterocycles. The molecule has 1 fully saturated rings. The van der Waals surface area contributed by atoms with E-state index in [0.29, 0.717) is 13.0 Å². The van der Waals surface area contributed by atoms with Crippen LogP contribution in [0.1, 0.15) is 41.0 Å². The summed E-state index contributed by atoms with van der Waals surface area (Å²) in [5, 5.41) is 2.96. The van der Waals surface area contributed by atoms with Gasteiger partial charge in [-0.3, -0.25) is 4.79 Å². The Kier molecular flexibility index (Phi) is 7.50. The Bertz CT molecular complexity index is 625. The van der Waals surface area contributed by atoms with E-state index in [2.05, 4.69) is 5.32 Å². The number of carbonyl (C=O) groups excluding carboxylic acids is 1. The summed E-state index contributed by atoms with van der Waals surface area (Å²) >= 11 is 0. The van der Waals surface area contributed by atoms with E-state index >= 15 is 0 Å². The molecule has 0 aliphatic carbocycles. The Balaban J connectivity index is 2.06. The van der Waals surface area contributed by atoms with E-state index in [1.165, 1.54) is 7.11 Å². The average molecular weight is 392 g/mol. The Hall–Kier alpha value is -1.61. The summed E-state index contributed by atoms with van der Waals surface area (Å²) in [5.41, 5.74) is 5.00. The van der Waals surface area contributed by atoms with Gasteiger partial charge >= 0.3 is 7.12 Å². The Morgan fingerprint density at radius 2 is 1.75 bits per heavy atom. The molecule has 1 aromatic rings. The van der Waals surface area contributed by atoms with E-state index in [4.69, 9.17) is 24.5 Å². The summed E-state index contributed by atoms with van der Waals surface area (Å²) in [7, 11) is 0.926. The summed E-state index contributed by atoms with van der Waals surface area (Å²) in [4.78, 5) is 12.6.